The molecule has 0 amide bonds. The molecule has 2 aliphatic heterocycles. The van der Waals surface area contributed by atoms with Crippen LogP contribution in [-0.2, 0) is 6.54 Å². The van der Waals surface area contributed by atoms with E-state index in [0.717, 1.165) is 18.6 Å². The van der Waals surface area contributed by atoms with Crippen LogP contribution in [0.3, 0.4) is 0 Å². The van der Waals surface area contributed by atoms with Crippen molar-refractivity contribution in [1.82, 2.24) is 15.5 Å². The quantitative estimate of drug-likeness (QED) is 0.890. The molecule has 2 N–H and O–H groups in total. The zero-order valence-corrected chi connectivity index (χ0v) is 13.1. The molecule has 0 saturated carbocycles. The number of hydrogen-bond donors (Lipinski definition) is 2. The van der Waals surface area contributed by atoms with Crippen LogP contribution in [0.1, 0.15) is 37.7 Å². The van der Waals surface area contributed by atoms with Gasteiger partial charge < -0.3 is 10.6 Å². The Balaban J connectivity index is 1.40. The number of piperidine rings is 1. The molecule has 1 unspecified atom stereocenters. The van der Waals surface area contributed by atoms with Crippen molar-refractivity contribution < 1.29 is 0 Å². The molecule has 3 heteroatoms. The van der Waals surface area contributed by atoms with E-state index in [1.54, 1.807) is 0 Å². The molecule has 0 radical (unpaired) electrons. The average molecular weight is 287 g/mol. The summed E-state index contributed by atoms with van der Waals surface area (Å²) in [5.74, 6) is 0. The highest BCUT2D eigenvalue weighted by atomic mass is 15.1. The van der Waals surface area contributed by atoms with Crippen molar-refractivity contribution in [3.05, 3.63) is 35.9 Å². The molecular formula is C18H29N3. The first kappa shape index (κ1) is 15.0. The van der Waals surface area contributed by atoms with Crippen molar-refractivity contribution in [2.45, 2.75) is 50.7 Å². The molecule has 1 atom stereocenters. The maximum Gasteiger partial charge on any atom is 0.0233 e. The Kier molecular flexibility index (Phi) is 5.67. The standard InChI is InChI=1S/C18H29N3/c1-2-5-16(6-3-1)15-21-13-9-18(10-14-21)20-17-7-4-11-19-12-8-17/h1-3,5-6,17-20H,4,7-15H2. The Morgan fingerprint density at radius 1 is 0.952 bits per heavy atom. The zero-order valence-electron chi connectivity index (χ0n) is 13.1. The Morgan fingerprint density at radius 2 is 1.71 bits per heavy atom. The molecule has 2 aliphatic rings. The molecule has 2 fully saturated rings. The van der Waals surface area contributed by atoms with Gasteiger partial charge in [0.2, 0.25) is 0 Å². The Bertz CT molecular complexity index is 390. The van der Waals surface area contributed by atoms with E-state index in [0.29, 0.717) is 0 Å². The molecule has 116 valence electrons. The smallest absolute Gasteiger partial charge is 0.0233 e. The molecule has 2 heterocycles. The minimum Gasteiger partial charge on any atom is -0.317 e. The fraction of sp³-hybridized carbons (Fsp3) is 0.667. The number of likely N-dealkylation sites (tertiary alicyclic amines) is 1. The molecule has 21 heavy (non-hydrogen) atoms. The molecular weight excluding hydrogens is 258 g/mol. The van der Waals surface area contributed by atoms with Crippen LogP contribution in [0, 0.1) is 0 Å². The molecule has 1 aromatic rings. The number of nitrogens with one attached hydrogen (secondary N) is 2. The van der Waals surface area contributed by atoms with E-state index in [1.807, 2.05) is 0 Å². The zero-order chi connectivity index (χ0) is 14.3. The van der Waals surface area contributed by atoms with Crippen LogP contribution in [0.25, 0.3) is 0 Å². The van der Waals surface area contributed by atoms with Crippen LogP contribution in [0.4, 0.5) is 0 Å². The lowest BCUT2D eigenvalue weighted by atomic mass is 10.0. The van der Waals surface area contributed by atoms with Crippen molar-refractivity contribution in [3.63, 3.8) is 0 Å². The van der Waals surface area contributed by atoms with Crippen LogP contribution < -0.4 is 10.6 Å². The summed E-state index contributed by atoms with van der Waals surface area (Å²) < 4.78 is 0. The molecule has 3 rings (SSSR count). The summed E-state index contributed by atoms with van der Waals surface area (Å²) in [7, 11) is 0. The van der Waals surface area contributed by atoms with Crippen LogP contribution in [-0.4, -0.2) is 43.2 Å². The van der Waals surface area contributed by atoms with Gasteiger partial charge in [0.1, 0.15) is 0 Å². The van der Waals surface area contributed by atoms with E-state index >= 15 is 0 Å². The molecule has 0 aliphatic carbocycles. The van der Waals surface area contributed by atoms with Crippen LogP contribution in [0.2, 0.25) is 0 Å². The van der Waals surface area contributed by atoms with Crippen molar-refractivity contribution in [1.29, 1.82) is 0 Å². The second-order valence-electron chi connectivity index (χ2n) is 6.58. The largest absolute Gasteiger partial charge is 0.317 e. The summed E-state index contributed by atoms with van der Waals surface area (Å²) in [6.45, 7) is 5.97. The number of hydrogen-bond acceptors (Lipinski definition) is 3. The third kappa shape index (κ3) is 4.80. The molecule has 0 aromatic heterocycles. The second-order valence-corrected chi connectivity index (χ2v) is 6.58. The minimum absolute atomic E-state index is 0.736. The SMILES string of the molecule is c1ccc(CN2CCC(NC3CCCNCC3)CC2)cc1. The maximum absolute atomic E-state index is 3.92. The van der Waals surface area contributed by atoms with Crippen LogP contribution in [0.5, 0.6) is 0 Å². The van der Waals surface area contributed by atoms with Gasteiger partial charge in [0.15, 0.2) is 0 Å². The van der Waals surface area contributed by atoms with Gasteiger partial charge in [-0.1, -0.05) is 30.3 Å². The van der Waals surface area contributed by atoms with Crippen molar-refractivity contribution >= 4 is 0 Å². The third-order valence-electron chi connectivity index (χ3n) is 4.88. The van der Waals surface area contributed by atoms with E-state index in [9.17, 15) is 0 Å². The lowest BCUT2D eigenvalue weighted by molar-refractivity contribution is 0.182. The Morgan fingerprint density at radius 3 is 2.52 bits per heavy atom. The van der Waals surface area contributed by atoms with Gasteiger partial charge in [0.25, 0.3) is 0 Å². The van der Waals surface area contributed by atoms with Gasteiger partial charge in [-0.15, -0.1) is 0 Å². The Labute approximate surface area is 129 Å². The fourth-order valence-electron chi connectivity index (χ4n) is 3.62. The average Bonchev–Trinajstić information content (AvgIpc) is 2.79. The second kappa shape index (κ2) is 7.92. The van der Waals surface area contributed by atoms with Gasteiger partial charge in [0.05, 0.1) is 0 Å². The summed E-state index contributed by atoms with van der Waals surface area (Å²) in [6, 6.07) is 12.3. The van der Waals surface area contributed by atoms with Crippen LogP contribution >= 0.6 is 0 Å². The van der Waals surface area contributed by atoms with E-state index in [4.69, 9.17) is 0 Å². The number of benzene rings is 1. The highest BCUT2D eigenvalue weighted by molar-refractivity contribution is 5.14. The summed E-state index contributed by atoms with van der Waals surface area (Å²) in [4.78, 5) is 2.60. The fourth-order valence-corrected chi connectivity index (χ4v) is 3.62. The Hall–Kier alpha value is -0.900. The predicted molar refractivity (Wildman–Crippen MR) is 88.4 cm³/mol. The summed E-state index contributed by atoms with van der Waals surface area (Å²) in [5, 5.41) is 7.42. The van der Waals surface area contributed by atoms with Crippen LogP contribution in [0.15, 0.2) is 30.3 Å². The van der Waals surface area contributed by atoms with Gasteiger partial charge in [-0.05, 0) is 63.8 Å². The topological polar surface area (TPSA) is 27.3 Å². The van der Waals surface area contributed by atoms with Crippen molar-refractivity contribution in [3.8, 4) is 0 Å². The monoisotopic (exact) mass is 287 g/mol. The third-order valence-corrected chi connectivity index (χ3v) is 4.88. The van der Waals surface area contributed by atoms with E-state index in [1.165, 1.54) is 63.8 Å². The molecule has 2 saturated heterocycles. The normalized spacial score (nSPS) is 25.6. The van der Waals surface area contributed by atoms with Crippen molar-refractivity contribution in [2.75, 3.05) is 26.2 Å². The summed E-state index contributed by atoms with van der Waals surface area (Å²) >= 11 is 0. The lowest BCUT2D eigenvalue weighted by Gasteiger charge is -2.34. The van der Waals surface area contributed by atoms with Gasteiger partial charge >= 0.3 is 0 Å². The van der Waals surface area contributed by atoms with Crippen molar-refractivity contribution in [2.24, 2.45) is 0 Å². The molecule has 1 aromatic carbocycles. The van der Waals surface area contributed by atoms with E-state index in [-0.39, 0.29) is 0 Å². The van der Waals surface area contributed by atoms with Gasteiger partial charge in [-0.2, -0.15) is 0 Å². The highest BCUT2D eigenvalue weighted by Gasteiger charge is 2.22. The lowest BCUT2D eigenvalue weighted by Crippen LogP contribution is -2.46. The first-order valence-corrected chi connectivity index (χ1v) is 8.63. The van der Waals surface area contributed by atoms with E-state index < -0.39 is 0 Å². The van der Waals surface area contributed by atoms with Gasteiger partial charge in [0, 0.05) is 18.6 Å². The van der Waals surface area contributed by atoms with Gasteiger partial charge in [-0.25, -0.2) is 0 Å². The first-order chi connectivity index (χ1) is 10.4. The highest BCUT2D eigenvalue weighted by Crippen LogP contribution is 2.16. The first-order valence-electron chi connectivity index (χ1n) is 8.63. The number of nitrogens with zero attached hydrogens (tertiary/aromatic N) is 1. The molecule has 3 nitrogen and oxygen atoms in total. The number of rotatable bonds is 4. The molecule has 0 spiro atoms. The molecule has 0 bridgehead atoms. The maximum atomic E-state index is 3.92. The van der Waals surface area contributed by atoms with Gasteiger partial charge in [-0.3, -0.25) is 4.90 Å². The van der Waals surface area contributed by atoms with E-state index in [2.05, 4.69) is 45.9 Å². The predicted octanol–water partition coefficient (Wildman–Crippen LogP) is 2.38. The summed E-state index contributed by atoms with van der Waals surface area (Å²) in [6.07, 6.45) is 6.57. The summed E-state index contributed by atoms with van der Waals surface area (Å²) in [5.41, 5.74) is 1.44. The minimum atomic E-state index is 0.736.